The van der Waals surface area contributed by atoms with E-state index < -0.39 is 6.10 Å². The molecule has 0 radical (unpaired) electrons. The Balaban J connectivity index is 0.00000200. The fourth-order valence-electron chi connectivity index (χ4n) is 2.26. The Labute approximate surface area is 127 Å². The van der Waals surface area contributed by atoms with Gasteiger partial charge in [0.1, 0.15) is 0 Å². The molecule has 0 unspecified atom stereocenters. The van der Waals surface area contributed by atoms with E-state index in [-0.39, 0.29) is 23.9 Å². The standard InChI is InChI=1S/C17H23NO.ClH/c1-17(2,3)16(18)11-15(19)14-10-6-8-12-7-4-5-9-13(12)14;/h4-10,15-16,19H,11,18H2,1-3H3;1H/t15-,16+;/m0./s1. The van der Waals surface area contributed by atoms with E-state index in [0.29, 0.717) is 6.42 Å². The number of rotatable bonds is 3. The molecule has 0 bridgehead atoms. The predicted molar refractivity (Wildman–Crippen MR) is 88.2 cm³/mol. The smallest absolute Gasteiger partial charge is 0.0811 e. The van der Waals surface area contributed by atoms with Gasteiger partial charge in [0, 0.05) is 6.04 Å². The lowest BCUT2D eigenvalue weighted by molar-refractivity contribution is 0.134. The van der Waals surface area contributed by atoms with Gasteiger partial charge in [0.2, 0.25) is 0 Å². The van der Waals surface area contributed by atoms with Crippen molar-refractivity contribution in [3.05, 3.63) is 48.0 Å². The van der Waals surface area contributed by atoms with Crippen molar-refractivity contribution >= 4 is 23.2 Å². The second-order valence-electron chi connectivity index (χ2n) is 6.29. The topological polar surface area (TPSA) is 46.2 Å². The van der Waals surface area contributed by atoms with Crippen LogP contribution in [-0.2, 0) is 0 Å². The van der Waals surface area contributed by atoms with Gasteiger partial charge in [-0.3, -0.25) is 0 Å². The van der Waals surface area contributed by atoms with Gasteiger partial charge in [-0.25, -0.2) is 0 Å². The summed E-state index contributed by atoms with van der Waals surface area (Å²) in [7, 11) is 0. The Morgan fingerprint density at radius 3 is 2.30 bits per heavy atom. The molecule has 0 aliphatic heterocycles. The van der Waals surface area contributed by atoms with Crippen LogP contribution in [0.1, 0.15) is 38.9 Å². The highest BCUT2D eigenvalue weighted by atomic mass is 35.5. The molecule has 0 aliphatic carbocycles. The van der Waals surface area contributed by atoms with Crippen LogP contribution >= 0.6 is 12.4 Å². The van der Waals surface area contributed by atoms with Gasteiger partial charge in [0.25, 0.3) is 0 Å². The Morgan fingerprint density at radius 1 is 1.05 bits per heavy atom. The molecule has 110 valence electrons. The lowest BCUT2D eigenvalue weighted by atomic mass is 9.82. The van der Waals surface area contributed by atoms with Crippen molar-refractivity contribution < 1.29 is 5.11 Å². The Kier molecular flexibility index (Phi) is 5.58. The molecule has 3 N–H and O–H groups in total. The fraction of sp³-hybridized carbons (Fsp3) is 0.412. The number of halogens is 1. The van der Waals surface area contributed by atoms with Crippen LogP contribution in [0.25, 0.3) is 10.8 Å². The molecule has 2 rings (SSSR count). The summed E-state index contributed by atoms with van der Waals surface area (Å²) >= 11 is 0. The molecule has 2 aromatic carbocycles. The number of hydrogen-bond donors (Lipinski definition) is 2. The van der Waals surface area contributed by atoms with Gasteiger partial charge < -0.3 is 10.8 Å². The minimum absolute atomic E-state index is 0. The normalized spacial score (nSPS) is 14.7. The number of aliphatic hydroxyl groups is 1. The van der Waals surface area contributed by atoms with E-state index in [0.717, 1.165) is 16.3 Å². The van der Waals surface area contributed by atoms with Gasteiger partial charge in [0.15, 0.2) is 0 Å². The van der Waals surface area contributed by atoms with Gasteiger partial charge in [-0.2, -0.15) is 0 Å². The molecule has 0 fully saturated rings. The van der Waals surface area contributed by atoms with Crippen molar-refractivity contribution in [1.29, 1.82) is 0 Å². The molecule has 2 atom stereocenters. The molecule has 2 nitrogen and oxygen atoms in total. The van der Waals surface area contributed by atoms with Crippen molar-refractivity contribution in [3.63, 3.8) is 0 Å². The molecule has 3 heteroatoms. The predicted octanol–water partition coefficient (Wildman–Crippen LogP) is 4.06. The fourth-order valence-corrected chi connectivity index (χ4v) is 2.26. The van der Waals surface area contributed by atoms with E-state index in [1.165, 1.54) is 0 Å². The molecule has 0 saturated carbocycles. The third-order valence-electron chi connectivity index (χ3n) is 3.77. The average molecular weight is 294 g/mol. The van der Waals surface area contributed by atoms with Crippen LogP contribution < -0.4 is 5.73 Å². The number of benzene rings is 2. The first-order chi connectivity index (χ1) is 8.89. The maximum Gasteiger partial charge on any atom is 0.0811 e. The summed E-state index contributed by atoms with van der Waals surface area (Å²) in [6, 6.07) is 14.1. The van der Waals surface area contributed by atoms with E-state index in [1.54, 1.807) is 0 Å². The number of aliphatic hydroxyl groups excluding tert-OH is 1. The maximum absolute atomic E-state index is 10.5. The largest absolute Gasteiger partial charge is 0.388 e. The van der Waals surface area contributed by atoms with Crippen LogP contribution in [0.5, 0.6) is 0 Å². The summed E-state index contributed by atoms with van der Waals surface area (Å²) in [4.78, 5) is 0. The van der Waals surface area contributed by atoms with Crippen molar-refractivity contribution in [1.82, 2.24) is 0 Å². The van der Waals surface area contributed by atoms with Crippen molar-refractivity contribution in [2.24, 2.45) is 11.1 Å². The van der Waals surface area contributed by atoms with Crippen molar-refractivity contribution in [3.8, 4) is 0 Å². The van der Waals surface area contributed by atoms with Crippen LogP contribution in [0, 0.1) is 5.41 Å². The summed E-state index contributed by atoms with van der Waals surface area (Å²) < 4.78 is 0. The highest BCUT2D eigenvalue weighted by Gasteiger charge is 2.24. The molecule has 20 heavy (non-hydrogen) atoms. The lowest BCUT2D eigenvalue weighted by Gasteiger charge is -2.29. The minimum atomic E-state index is -0.514. The van der Waals surface area contributed by atoms with Gasteiger partial charge in [-0.05, 0) is 28.2 Å². The Morgan fingerprint density at radius 2 is 1.65 bits per heavy atom. The van der Waals surface area contributed by atoms with E-state index in [4.69, 9.17) is 5.73 Å². The van der Waals surface area contributed by atoms with Crippen LogP contribution in [0.3, 0.4) is 0 Å². The van der Waals surface area contributed by atoms with Crippen LogP contribution in [0.15, 0.2) is 42.5 Å². The minimum Gasteiger partial charge on any atom is -0.388 e. The van der Waals surface area contributed by atoms with Crippen molar-refractivity contribution in [2.75, 3.05) is 0 Å². The first kappa shape index (κ1) is 17.0. The quantitative estimate of drug-likeness (QED) is 0.896. The van der Waals surface area contributed by atoms with Crippen LogP contribution in [0.4, 0.5) is 0 Å². The van der Waals surface area contributed by atoms with Gasteiger partial charge >= 0.3 is 0 Å². The van der Waals surface area contributed by atoms with E-state index in [2.05, 4.69) is 39.0 Å². The summed E-state index contributed by atoms with van der Waals surface area (Å²) in [5, 5.41) is 12.7. The highest BCUT2D eigenvalue weighted by molar-refractivity contribution is 5.86. The monoisotopic (exact) mass is 293 g/mol. The zero-order valence-electron chi connectivity index (χ0n) is 12.3. The molecule has 0 heterocycles. The van der Waals surface area contributed by atoms with Gasteiger partial charge in [-0.15, -0.1) is 12.4 Å². The molecular weight excluding hydrogens is 270 g/mol. The lowest BCUT2D eigenvalue weighted by Crippen LogP contribution is -2.36. The number of hydrogen-bond acceptors (Lipinski definition) is 2. The number of nitrogens with two attached hydrogens (primary N) is 1. The van der Waals surface area contributed by atoms with Crippen LogP contribution in [-0.4, -0.2) is 11.1 Å². The molecule has 0 saturated heterocycles. The summed E-state index contributed by atoms with van der Waals surface area (Å²) in [6.45, 7) is 6.31. The van der Waals surface area contributed by atoms with E-state index in [1.807, 2.05) is 24.3 Å². The Hall–Kier alpha value is -1.09. The maximum atomic E-state index is 10.5. The average Bonchev–Trinajstić information content (AvgIpc) is 2.36. The molecule has 0 amide bonds. The number of fused-ring (bicyclic) bond motifs is 1. The summed E-state index contributed by atoms with van der Waals surface area (Å²) in [5.74, 6) is 0. The zero-order valence-corrected chi connectivity index (χ0v) is 13.2. The molecule has 2 aromatic rings. The molecular formula is C17H24ClNO. The second-order valence-corrected chi connectivity index (χ2v) is 6.29. The first-order valence-electron chi connectivity index (χ1n) is 6.81. The third kappa shape index (κ3) is 3.72. The third-order valence-corrected chi connectivity index (χ3v) is 3.77. The van der Waals surface area contributed by atoms with Crippen molar-refractivity contribution in [2.45, 2.75) is 39.3 Å². The summed E-state index contributed by atoms with van der Waals surface area (Å²) in [6.07, 6.45) is 0.0673. The molecule has 0 aromatic heterocycles. The van der Waals surface area contributed by atoms with Gasteiger partial charge in [-0.1, -0.05) is 63.2 Å². The first-order valence-corrected chi connectivity index (χ1v) is 6.81. The second kappa shape index (κ2) is 6.57. The molecule has 0 spiro atoms. The Bertz CT molecular complexity index is 557. The highest BCUT2D eigenvalue weighted by Crippen LogP contribution is 2.30. The zero-order chi connectivity index (χ0) is 14.0. The van der Waals surface area contributed by atoms with Crippen LogP contribution in [0.2, 0.25) is 0 Å². The SMILES string of the molecule is CC(C)(C)[C@H](N)C[C@H](O)c1cccc2ccccc12.Cl. The molecule has 0 aliphatic rings. The van der Waals surface area contributed by atoms with E-state index >= 15 is 0 Å². The summed E-state index contributed by atoms with van der Waals surface area (Å²) in [5.41, 5.74) is 7.15. The van der Waals surface area contributed by atoms with Gasteiger partial charge in [0.05, 0.1) is 6.10 Å². The van der Waals surface area contributed by atoms with E-state index in [9.17, 15) is 5.11 Å².